The summed E-state index contributed by atoms with van der Waals surface area (Å²) in [6.07, 6.45) is 2.75. The van der Waals surface area contributed by atoms with Crippen LogP contribution in [-0.4, -0.2) is 40.7 Å². The van der Waals surface area contributed by atoms with Gasteiger partial charge in [0.1, 0.15) is 0 Å². The molecule has 0 fully saturated rings. The van der Waals surface area contributed by atoms with E-state index >= 15 is 0 Å². The fraction of sp³-hybridized carbons (Fsp3) is 0.538. The lowest BCUT2D eigenvalue weighted by molar-refractivity contribution is -0.384. The van der Waals surface area contributed by atoms with Crippen LogP contribution in [0.25, 0.3) is 0 Å². The number of aliphatic hydroxyl groups is 1. The molecule has 0 saturated heterocycles. The number of benzene rings is 1. The van der Waals surface area contributed by atoms with Crippen LogP contribution in [-0.2, 0) is 6.42 Å². The maximum atomic E-state index is 10.5. The lowest BCUT2D eigenvalue weighted by Crippen LogP contribution is -2.40. The molecular formula is C13H20N2O3S. The predicted octanol–water partition coefficient (Wildman–Crippen LogP) is 1.84. The molecule has 5 nitrogen and oxygen atoms in total. The van der Waals surface area contributed by atoms with E-state index in [1.54, 1.807) is 23.9 Å². The predicted molar refractivity (Wildman–Crippen MR) is 78.7 cm³/mol. The minimum Gasteiger partial charge on any atom is -0.388 e. The smallest absolute Gasteiger partial charge is 0.269 e. The Balaban J connectivity index is 2.31. The van der Waals surface area contributed by atoms with Crippen molar-refractivity contribution in [2.45, 2.75) is 18.9 Å². The van der Waals surface area contributed by atoms with Gasteiger partial charge in [-0.2, -0.15) is 11.8 Å². The number of nitrogens with zero attached hydrogens (tertiary/aromatic N) is 1. The van der Waals surface area contributed by atoms with Crippen molar-refractivity contribution >= 4 is 17.4 Å². The molecule has 106 valence electrons. The van der Waals surface area contributed by atoms with Crippen molar-refractivity contribution in [1.29, 1.82) is 0 Å². The number of nitro benzene ring substituents is 1. The summed E-state index contributed by atoms with van der Waals surface area (Å²) in [6, 6.07) is 6.55. The van der Waals surface area contributed by atoms with Crippen LogP contribution in [0.3, 0.4) is 0 Å². The molecule has 6 heteroatoms. The van der Waals surface area contributed by atoms with Crippen LogP contribution in [0.15, 0.2) is 24.3 Å². The standard InChI is InChI=1S/C13H20N2O3S/c1-13(16,10-19-2)9-14-8-7-11-3-5-12(6-4-11)15(17)18/h3-6,14,16H,7-10H2,1-2H3. The second-order valence-corrected chi connectivity index (χ2v) is 5.65. The highest BCUT2D eigenvalue weighted by Crippen LogP contribution is 2.12. The van der Waals surface area contributed by atoms with Gasteiger partial charge in [0, 0.05) is 24.4 Å². The normalized spacial score (nSPS) is 14.1. The van der Waals surface area contributed by atoms with Gasteiger partial charge >= 0.3 is 0 Å². The van der Waals surface area contributed by atoms with E-state index < -0.39 is 10.5 Å². The SMILES string of the molecule is CSCC(C)(O)CNCCc1ccc([N+](=O)[O-])cc1. The van der Waals surface area contributed by atoms with Crippen molar-refractivity contribution in [3.63, 3.8) is 0 Å². The monoisotopic (exact) mass is 284 g/mol. The summed E-state index contributed by atoms with van der Waals surface area (Å²) in [5.41, 5.74) is 0.455. The van der Waals surface area contributed by atoms with Gasteiger partial charge in [0.05, 0.1) is 10.5 Å². The fourth-order valence-corrected chi connectivity index (χ4v) is 2.46. The molecule has 0 amide bonds. The van der Waals surface area contributed by atoms with Crippen LogP contribution in [0.2, 0.25) is 0 Å². The third-order valence-corrected chi connectivity index (χ3v) is 3.61. The fourth-order valence-electron chi connectivity index (χ4n) is 1.74. The van der Waals surface area contributed by atoms with Gasteiger partial charge in [0.2, 0.25) is 0 Å². The zero-order valence-electron chi connectivity index (χ0n) is 11.3. The van der Waals surface area contributed by atoms with Crippen molar-refractivity contribution in [2.24, 2.45) is 0 Å². The summed E-state index contributed by atoms with van der Waals surface area (Å²) in [6.45, 7) is 3.09. The summed E-state index contributed by atoms with van der Waals surface area (Å²) < 4.78 is 0. The second-order valence-electron chi connectivity index (χ2n) is 4.78. The number of thioether (sulfide) groups is 1. The van der Waals surface area contributed by atoms with E-state index in [-0.39, 0.29) is 5.69 Å². The molecule has 0 aliphatic heterocycles. The number of non-ortho nitro benzene ring substituents is 1. The van der Waals surface area contributed by atoms with Gasteiger partial charge in [-0.3, -0.25) is 10.1 Å². The first-order valence-corrected chi connectivity index (χ1v) is 7.49. The first-order valence-electron chi connectivity index (χ1n) is 6.10. The van der Waals surface area contributed by atoms with Gasteiger partial charge in [-0.1, -0.05) is 12.1 Å². The largest absolute Gasteiger partial charge is 0.388 e. The molecule has 0 aromatic heterocycles. The van der Waals surface area contributed by atoms with Crippen LogP contribution in [0.5, 0.6) is 0 Å². The maximum absolute atomic E-state index is 10.5. The molecule has 1 aromatic carbocycles. The molecule has 1 atom stereocenters. The number of hydrogen-bond acceptors (Lipinski definition) is 5. The summed E-state index contributed by atoms with van der Waals surface area (Å²) in [5, 5.41) is 23.7. The van der Waals surface area contributed by atoms with Crippen molar-refractivity contribution < 1.29 is 10.0 Å². The van der Waals surface area contributed by atoms with Gasteiger partial charge in [0.15, 0.2) is 0 Å². The third-order valence-electron chi connectivity index (χ3n) is 2.70. The third kappa shape index (κ3) is 6.04. The Labute approximate surface area is 117 Å². The lowest BCUT2D eigenvalue weighted by Gasteiger charge is -2.22. The number of rotatable bonds is 8. The molecule has 0 aliphatic rings. The Kier molecular flexibility index (Phi) is 6.27. The topological polar surface area (TPSA) is 75.4 Å². The number of hydrogen-bond donors (Lipinski definition) is 2. The molecule has 2 N–H and O–H groups in total. The van der Waals surface area contributed by atoms with E-state index in [4.69, 9.17) is 0 Å². The van der Waals surface area contributed by atoms with Crippen LogP contribution >= 0.6 is 11.8 Å². The van der Waals surface area contributed by atoms with E-state index in [1.807, 2.05) is 13.2 Å². The van der Waals surface area contributed by atoms with E-state index in [9.17, 15) is 15.2 Å². The Hall–Kier alpha value is -1.11. The second kappa shape index (κ2) is 7.47. The molecule has 0 spiro atoms. The molecular weight excluding hydrogens is 264 g/mol. The van der Waals surface area contributed by atoms with Crippen molar-refractivity contribution in [3.8, 4) is 0 Å². The maximum Gasteiger partial charge on any atom is 0.269 e. The molecule has 1 rings (SSSR count). The average Bonchev–Trinajstić information content (AvgIpc) is 2.35. The summed E-state index contributed by atoms with van der Waals surface area (Å²) >= 11 is 1.61. The van der Waals surface area contributed by atoms with Gasteiger partial charge in [-0.05, 0) is 31.7 Å². The van der Waals surface area contributed by atoms with Gasteiger partial charge in [0.25, 0.3) is 5.69 Å². The first kappa shape index (κ1) is 15.9. The Morgan fingerprint density at radius 2 is 2.05 bits per heavy atom. The Morgan fingerprint density at radius 1 is 1.42 bits per heavy atom. The highest BCUT2D eigenvalue weighted by molar-refractivity contribution is 7.98. The lowest BCUT2D eigenvalue weighted by atomic mass is 10.1. The van der Waals surface area contributed by atoms with E-state index in [0.29, 0.717) is 12.3 Å². The molecule has 1 unspecified atom stereocenters. The van der Waals surface area contributed by atoms with E-state index in [1.165, 1.54) is 12.1 Å². The van der Waals surface area contributed by atoms with Crippen LogP contribution in [0.1, 0.15) is 12.5 Å². The van der Waals surface area contributed by atoms with Crippen molar-refractivity contribution in [1.82, 2.24) is 5.32 Å². The molecule has 1 aromatic rings. The average molecular weight is 284 g/mol. The molecule has 0 bridgehead atoms. The molecule has 0 heterocycles. The first-order chi connectivity index (χ1) is 8.94. The molecule has 0 saturated carbocycles. The zero-order chi connectivity index (χ0) is 14.3. The number of nitrogens with one attached hydrogen (secondary N) is 1. The van der Waals surface area contributed by atoms with Gasteiger partial charge in [-0.25, -0.2) is 0 Å². The molecule has 0 aliphatic carbocycles. The van der Waals surface area contributed by atoms with Gasteiger partial charge in [-0.15, -0.1) is 0 Å². The Bertz CT molecular complexity index is 407. The molecule has 19 heavy (non-hydrogen) atoms. The molecule has 0 radical (unpaired) electrons. The summed E-state index contributed by atoms with van der Waals surface area (Å²) in [5.74, 6) is 0.692. The van der Waals surface area contributed by atoms with Crippen LogP contribution in [0, 0.1) is 10.1 Å². The van der Waals surface area contributed by atoms with Crippen molar-refractivity contribution in [3.05, 3.63) is 39.9 Å². The Morgan fingerprint density at radius 3 is 2.58 bits per heavy atom. The number of nitro groups is 1. The van der Waals surface area contributed by atoms with Crippen LogP contribution in [0.4, 0.5) is 5.69 Å². The highest BCUT2D eigenvalue weighted by atomic mass is 32.2. The quantitative estimate of drug-likeness (QED) is 0.433. The van der Waals surface area contributed by atoms with E-state index in [2.05, 4.69) is 5.32 Å². The van der Waals surface area contributed by atoms with Crippen LogP contribution < -0.4 is 5.32 Å². The minimum absolute atomic E-state index is 0.111. The highest BCUT2D eigenvalue weighted by Gasteiger charge is 2.18. The van der Waals surface area contributed by atoms with Crippen molar-refractivity contribution in [2.75, 3.05) is 25.1 Å². The summed E-state index contributed by atoms with van der Waals surface area (Å²) in [7, 11) is 0. The minimum atomic E-state index is -0.700. The van der Waals surface area contributed by atoms with E-state index in [0.717, 1.165) is 18.5 Å². The zero-order valence-corrected chi connectivity index (χ0v) is 12.1. The van der Waals surface area contributed by atoms with Gasteiger partial charge < -0.3 is 10.4 Å². The summed E-state index contributed by atoms with van der Waals surface area (Å²) in [4.78, 5) is 10.1.